The van der Waals surface area contributed by atoms with Crippen LogP contribution in [0.5, 0.6) is 0 Å². The van der Waals surface area contributed by atoms with Crippen LogP contribution in [0.4, 0.5) is 0 Å². The molecule has 0 unspecified atom stereocenters. The first kappa shape index (κ1) is 35.9. The Kier molecular flexibility index (Phi) is 9.14. The molecule has 0 aliphatic heterocycles. The predicted molar refractivity (Wildman–Crippen MR) is 251 cm³/mol. The molecule has 0 atom stereocenters. The Morgan fingerprint density at radius 2 is 0.689 bits per heavy atom. The summed E-state index contributed by atoms with van der Waals surface area (Å²) in [6.07, 6.45) is 0. The Morgan fingerprint density at radius 1 is 0.246 bits per heavy atom. The van der Waals surface area contributed by atoms with Crippen LogP contribution in [0.25, 0.3) is 112 Å². The summed E-state index contributed by atoms with van der Waals surface area (Å²) in [5.74, 6) is 1.75. The van der Waals surface area contributed by atoms with Gasteiger partial charge in [0.2, 0.25) is 0 Å². The third kappa shape index (κ3) is 6.96. The molecular formula is C57H37N3O. The molecular weight excluding hydrogens is 743 g/mol. The van der Waals surface area contributed by atoms with Crippen LogP contribution in [-0.2, 0) is 0 Å². The molecule has 0 radical (unpaired) electrons. The van der Waals surface area contributed by atoms with Gasteiger partial charge in [0.25, 0.3) is 0 Å². The first-order valence-corrected chi connectivity index (χ1v) is 20.5. The van der Waals surface area contributed by atoms with Crippen molar-refractivity contribution in [2.24, 2.45) is 0 Å². The lowest BCUT2D eigenvalue weighted by atomic mass is 9.92. The summed E-state index contributed by atoms with van der Waals surface area (Å²) < 4.78 is 6.55. The van der Waals surface area contributed by atoms with Crippen molar-refractivity contribution in [1.82, 2.24) is 15.0 Å². The molecule has 0 spiro atoms. The van der Waals surface area contributed by atoms with Gasteiger partial charge in [-0.25, -0.2) is 15.0 Å². The molecule has 2 aromatic heterocycles. The van der Waals surface area contributed by atoms with Crippen LogP contribution < -0.4 is 0 Å². The number of aromatic nitrogens is 3. The molecule has 11 aromatic rings. The van der Waals surface area contributed by atoms with Crippen LogP contribution in [0.2, 0.25) is 0 Å². The summed E-state index contributed by atoms with van der Waals surface area (Å²) in [5, 5.41) is 2.14. The number of hydrogen-bond donors (Lipinski definition) is 0. The fourth-order valence-electron chi connectivity index (χ4n) is 8.32. The Labute approximate surface area is 354 Å². The summed E-state index contributed by atoms with van der Waals surface area (Å²) in [7, 11) is 0. The Morgan fingerprint density at radius 3 is 1.31 bits per heavy atom. The molecule has 11 rings (SSSR count). The maximum absolute atomic E-state index is 6.55. The summed E-state index contributed by atoms with van der Waals surface area (Å²) >= 11 is 0. The quantitative estimate of drug-likeness (QED) is 0.154. The van der Waals surface area contributed by atoms with Gasteiger partial charge in [-0.3, -0.25) is 0 Å². The van der Waals surface area contributed by atoms with Gasteiger partial charge in [-0.2, -0.15) is 0 Å². The Hall–Kier alpha value is -8.21. The molecule has 0 amide bonds. The van der Waals surface area contributed by atoms with Crippen LogP contribution in [0.3, 0.4) is 0 Å². The second-order valence-corrected chi connectivity index (χ2v) is 15.2. The zero-order chi connectivity index (χ0) is 40.5. The van der Waals surface area contributed by atoms with Gasteiger partial charge in [-0.15, -0.1) is 0 Å². The highest BCUT2D eigenvalue weighted by Gasteiger charge is 2.18. The topological polar surface area (TPSA) is 51.8 Å². The molecule has 0 N–H and O–H groups in total. The van der Waals surface area contributed by atoms with E-state index in [-0.39, 0.29) is 0 Å². The van der Waals surface area contributed by atoms with E-state index in [1.54, 1.807) is 0 Å². The maximum atomic E-state index is 6.55. The minimum absolute atomic E-state index is 0.568. The minimum atomic E-state index is 0.568. The first-order valence-electron chi connectivity index (χ1n) is 20.5. The predicted octanol–water partition coefficient (Wildman–Crippen LogP) is 15.1. The average molecular weight is 780 g/mol. The van der Waals surface area contributed by atoms with Crippen molar-refractivity contribution >= 4 is 21.9 Å². The summed E-state index contributed by atoms with van der Waals surface area (Å²) in [6.45, 7) is 0. The van der Waals surface area contributed by atoms with Crippen LogP contribution in [0.1, 0.15) is 0 Å². The van der Waals surface area contributed by atoms with Gasteiger partial charge in [-0.05, 0) is 86.0 Å². The van der Waals surface area contributed by atoms with Crippen LogP contribution in [-0.4, -0.2) is 15.0 Å². The SMILES string of the molecule is c1ccc(-c2cccc(-c3ccc(-c4nc(-c5ccc(-c6ccccc6)c(-c6ccccc6)c5)nc(-c5ccc6c(c5)oc5cccc(-c7ccccc7)c56)n4)cc3)c2)cc1. The smallest absolute Gasteiger partial charge is 0.164 e. The van der Waals surface area contributed by atoms with Gasteiger partial charge in [0, 0.05) is 27.5 Å². The number of benzene rings is 9. The molecule has 0 fully saturated rings. The average Bonchev–Trinajstić information content (AvgIpc) is 3.73. The number of furan rings is 1. The van der Waals surface area contributed by atoms with Gasteiger partial charge in [0.05, 0.1) is 0 Å². The van der Waals surface area contributed by atoms with Gasteiger partial charge in [-0.1, -0.05) is 194 Å². The van der Waals surface area contributed by atoms with Crippen LogP contribution in [0.15, 0.2) is 229 Å². The molecule has 4 heteroatoms. The van der Waals surface area contributed by atoms with Gasteiger partial charge >= 0.3 is 0 Å². The van der Waals surface area contributed by atoms with E-state index in [9.17, 15) is 0 Å². The Balaban J connectivity index is 1.05. The van der Waals surface area contributed by atoms with Crippen LogP contribution in [0, 0.1) is 0 Å². The largest absolute Gasteiger partial charge is 0.456 e. The van der Waals surface area contributed by atoms with Gasteiger partial charge in [0.15, 0.2) is 17.5 Å². The lowest BCUT2D eigenvalue weighted by Crippen LogP contribution is -2.00. The monoisotopic (exact) mass is 779 g/mol. The standard InChI is InChI=1S/C57H37N3O/c1-5-15-38(16-6-1)44-23-13-24-45(35-44)39-27-29-43(30-28-39)55-58-56(46-31-33-48(40-17-7-2-8-18-40)51(36-46)42-21-11-4-12-22-42)60-57(59-55)47-32-34-50-53(37-47)61-52-26-14-25-49(54(50)52)41-19-9-3-10-20-41/h1-37H. The zero-order valence-electron chi connectivity index (χ0n) is 33.1. The van der Waals surface area contributed by atoms with Gasteiger partial charge < -0.3 is 4.42 Å². The molecule has 61 heavy (non-hydrogen) atoms. The summed E-state index contributed by atoms with van der Waals surface area (Å²) in [4.78, 5) is 15.6. The van der Waals surface area contributed by atoms with Gasteiger partial charge in [0.1, 0.15) is 11.2 Å². The van der Waals surface area contributed by atoms with Crippen molar-refractivity contribution in [3.63, 3.8) is 0 Å². The second-order valence-electron chi connectivity index (χ2n) is 15.2. The van der Waals surface area contributed by atoms with Crippen molar-refractivity contribution in [3.8, 4) is 89.8 Å². The zero-order valence-corrected chi connectivity index (χ0v) is 33.1. The third-order valence-corrected chi connectivity index (χ3v) is 11.4. The van der Waals surface area contributed by atoms with E-state index in [4.69, 9.17) is 19.4 Å². The van der Waals surface area contributed by atoms with Crippen molar-refractivity contribution in [2.75, 3.05) is 0 Å². The van der Waals surface area contributed by atoms with Crippen molar-refractivity contribution in [1.29, 1.82) is 0 Å². The molecule has 2 heterocycles. The lowest BCUT2D eigenvalue weighted by Gasteiger charge is -2.14. The highest BCUT2D eigenvalue weighted by Crippen LogP contribution is 2.40. The molecule has 286 valence electrons. The van der Waals surface area contributed by atoms with E-state index in [0.29, 0.717) is 17.5 Å². The summed E-state index contributed by atoms with van der Waals surface area (Å²) in [6, 6.07) is 78.2. The molecule has 0 bridgehead atoms. The highest BCUT2D eigenvalue weighted by molar-refractivity contribution is 6.13. The van der Waals surface area contributed by atoms with Crippen LogP contribution >= 0.6 is 0 Å². The molecule has 0 saturated heterocycles. The van der Waals surface area contributed by atoms with Crippen molar-refractivity contribution in [2.45, 2.75) is 0 Å². The number of fused-ring (bicyclic) bond motifs is 3. The van der Waals surface area contributed by atoms with Crippen molar-refractivity contribution < 1.29 is 4.42 Å². The number of hydrogen-bond acceptors (Lipinski definition) is 4. The molecule has 0 aliphatic carbocycles. The fraction of sp³-hybridized carbons (Fsp3) is 0. The van der Waals surface area contributed by atoms with E-state index in [0.717, 1.165) is 83.1 Å². The molecule has 0 aliphatic rings. The van der Waals surface area contributed by atoms with E-state index in [1.807, 2.05) is 30.3 Å². The molecule has 4 nitrogen and oxygen atoms in total. The number of nitrogens with zero attached hydrogens (tertiary/aromatic N) is 3. The van der Waals surface area contributed by atoms with E-state index in [2.05, 4.69) is 194 Å². The van der Waals surface area contributed by atoms with Crippen molar-refractivity contribution in [3.05, 3.63) is 224 Å². The highest BCUT2D eigenvalue weighted by atomic mass is 16.3. The summed E-state index contributed by atoms with van der Waals surface area (Å²) in [5.41, 5.74) is 15.7. The first-order chi connectivity index (χ1) is 30.2. The second kappa shape index (κ2) is 15.5. The van der Waals surface area contributed by atoms with E-state index in [1.165, 1.54) is 11.1 Å². The lowest BCUT2D eigenvalue weighted by molar-refractivity contribution is 0.669. The minimum Gasteiger partial charge on any atom is -0.456 e. The maximum Gasteiger partial charge on any atom is 0.164 e. The fourth-order valence-corrected chi connectivity index (χ4v) is 8.32. The van der Waals surface area contributed by atoms with E-state index >= 15 is 0 Å². The third-order valence-electron chi connectivity index (χ3n) is 11.4. The Bertz CT molecular complexity index is 3320. The molecule has 0 saturated carbocycles. The normalized spacial score (nSPS) is 11.3. The van der Waals surface area contributed by atoms with E-state index < -0.39 is 0 Å². The number of rotatable bonds is 8. The molecule has 9 aromatic carbocycles.